The van der Waals surface area contributed by atoms with Gasteiger partial charge >= 0.3 is 0 Å². The number of benzene rings is 2. The molecule has 204 valence electrons. The Morgan fingerprint density at radius 3 is 2.24 bits per heavy atom. The van der Waals surface area contributed by atoms with Gasteiger partial charge in [0.2, 0.25) is 0 Å². The number of aromatic nitrogens is 1. The normalized spacial score (nSPS) is 13.8. The highest BCUT2D eigenvalue weighted by atomic mass is 28.4. The van der Waals surface area contributed by atoms with Crippen molar-refractivity contribution in [2.75, 3.05) is 0 Å². The maximum Gasteiger partial charge on any atom is 0.292 e. The average Bonchev–Trinajstić information content (AvgIpc) is 3.41. The Balaban J connectivity index is 1.82. The summed E-state index contributed by atoms with van der Waals surface area (Å²) >= 11 is 0. The lowest BCUT2D eigenvalue weighted by Crippen LogP contribution is -2.49. The highest BCUT2D eigenvalue weighted by Crippen LogP contribution is 2.43. The first kappa shape index (κ1) is 28.2. The molecule has 0 saturated carbocycles. The van der Waals surface area contributed by atoms with Crippen molar-refractivity contribution in [3.63, 3.8) is 0 Å². The Morgan fingerprint density at radius 1 is 1.08 bits per heavy atom. The molecule has 0 radical (unpaired) electrons. The highest BCUT2D eigenvalue weighted by molar-refractivity contribution is 6.78. The predicted molar refractivity (Wildman–Crippen MR) is 155 cm³/mol. The zero-order valence-electron chi connectivity index (χ0n) is 23.9. The molecule has 5 nitrogen and oxygen atoms in total. The van der Waals surface area contributed by atoms with Gasteiger partial charge in [0.05, 0.1) is 23.4 Å². The Kier molecular flexibility index (Phi) is 7.74. The molecule has 38 heavy (non-hydrogen) atoms. The number of halogens is 1. The molecule has 0 atom stereocenters. The number of rotatable bonds is 9. The van der Waals surface area contributed by atoms with Gasteiger partial charge in [0.1, 0.15) is 5.82 Å². The number of hydrogen-bond donors (Lipinski definition) is 1. The van der Waals surface area contributed by atoms with E-state index >= 15 is 0 Å². The van der Waals surface area contributed by atoms with Gasteiger partial charge in [0.25, 0.3) is 14.3 Å². The van der Waals surface area contributed by atoms with Crippen LogP contribution in [0.25, 0.3) is 16.6 Å². The Bertz CT molecular complexity index is 1340. The molecule has 1 aliphatic heterocycles. The molecule has 7 heteroatoms. The van der Waals surface area contributed by atoms with E-state index in [1.54, 1.807) is 26.0 Å². The topological polar surface area (TPSA) is 63.8 Å². The fourth-order valence-electron chi connectivity index (χ4n) is 6.54. The summed E-state index contributed by atoms with van der Waals surface area (Å²) in [7, 11) is -2.36. The Morgan fingerprint density at radius 2 is 1.68 bits per heavy atom. The standard InChI is InChI=1S/C31H41FN2O3Si/c1-19(2)38(20(3)4,21(5)6)37-29(35)14-13-26-27-15-22-17-33-18-23(22)16-28(27)34(30(26)31(7,8)36)25-11-9-24(32)10-12-25/h9-12,15-16,18-21,36H,13-14,17H2,1-8H3. The van der Waals surface area contributed by atoms with Crippen LogP contribution in [0.15, 0.2) is 41.4 Å². The second-order valence-electron chi connectivity index (χ2n) is 12.0. The number of fused-ring (bicyclic) bond motifs is 2. The van der Waals surface area contributed by atoms with Crippen molar-refractivity contribution in [1.82, 2.24) is 4.57 Å². The van der Waals surface area contributed by atoms with E-state index in [0.29, 0.717) is 35.3 Å². The second-order valence-corrected chi connectivity index (χ2v) is 17.4. The molecular formula is C31H41FN2O3Si. The molecule has 0 saturated heterocycles. The lowest BCUT2D eigenvalue weighted by molar-refractivity contribution is -0.135. The van der Waals surface area contributed by atoms with Crippen molar-refractivity contribution in [2.45, 2.75) is 97.0 Å². The van der Waals surface area contributed by atoms with Gasteiger partial charge in [-0.1, -0.05) is 41.5 Å². The molecule has 0 unspecified atom stereocenters. The zero-order valence-corrected chi connectivity index (χ0v) is 24.9. The summed E-state index contributed by atoms with van der Waals surface area (Å²) in [5.41, 5.74) is 5.13. The van der Waals surface area contributed by atoms with Gasteiger partial charge in [-0.05, 0) is 90.0 Å². The SMILES string of the molecule is CC(C)[Si](OC(=O)CCc1c(C(C)(C)O)n(-c2ccc(F)cc2)c2cc3c(cc12)CN=C3)(C(C)C)C(C)C. The maximum absolute atomic E-state index is 13.8. The van der Waals surface area contributed by atoms with E-state index in [9.17, 15) is 14.3 Å². The van der Waals surface area contributed by atoms with Crippen molar-refractivity contribution >= 4 is 31.4 Å². The predicted octanol–water partition coefficient (Wildman–Crippen LogP) is 7.58. The lowest BCUT2D eigenvalue weighted by Gasteiger charge is -2.41. The van der Waals surface area contributed by atoms with E-state index in [2.05, 4.69) is 58.7 Å². The van der Waals surface area contributed by atoms with E-state index in [1.165, 1.54) is 12.1 Å². The van der Waals surface area contributed by atoms with Gasteiger partial charge in [-0.15, -0.1) is 0 Å². The van der Waals surface area contributed by atoms with Crippen molar-refractivity contribution in [3.8, 4) is 5.69 Å². The number of carbonyl (C=O) groups is 1. The molecule has 0 spiro atoms. The van der Waals surface area contributed by atoms with Gasteiger partial charge in [-0.2, -0.15) is 0 Å². The fraction of sp³-hybridized carbons (Fsp3) is 0.484. The van der Waals surface area contributed by atoms with E-state index in [1.807, 2.05) is 10.8 Å². The van der Waals surface area contributed by atoms with Crippen molar-refractivity contribution in [1.29, 1.82) is 0 Å². The van der Waals surface area contributed by atoms with E-state index in [4.69, 9.17) is 4.43 Å². The summed E-state index contributed by atoms with van der Waals surface area (Å²) < 4.78 is 22.3. The molecule has 0 amide bonds. The molecule has 3 aromatic rings. The maximum atomic E-state index is 13.8. The quantitative estimate of drug-likeness (QED) is 0.287. The zero-order chi connectivity index (χ0) is 28.0. The first-order valence-electron chi connectivity index (χ1n) is 13.7. The number of aliphatic hydroxyl groups is 1. The number of nitrogens with zero attached hydrogens (tertiary/aromatic N) is 2. The third kappa shape index (κ3) is 4.98. The molecule has 4 rings (SSSR count). The number of aliphatic imine (C=N–C) groups is 1. The lowest BCUT2D eigenvalue weighted by atomic mass is 9.95. The third-order valence-electron chi connectivity index (χ3n) is 8.07. The summed E-state index contributed by atoms with van der Waals surface area (Å²) in [5, 5.41) is 12.4. The molecule has 2 aromatic carbocycles. The van der Waals surface area contributed by atoms with Gasteiger partial charge in [0.15, 0.2) is 0 Å². The van der Waals surface area contributed by atoms with E-state index < -0.39 is 13.9 Å². The summed E-state index contributed by atoms with van der Waals surface area (Å²) in [6.07, 6.45) is 2.52. The highest BCUT2D eigenvalue weighted by Gasteiger charge is 2.48. The molecule has 0 aliphatic carbocycles. The van der Waals surface area contributed by atoms with Crippen LogP contribution in [0.3, 0.4) is 0 Å². The first-order chi connectivity index (χ1) is 17.8. The van der Waals surface area contributed by atoms with Crippen LogP contribution >= 0.6 is 0 Å². The Hall–Kier alpha value is -2.77. The summed E-state index contributed by atoms with van der Waals surface area (Å²) in [5.74, 6) is -0.499. The van der Waals surface area contributed by atoms with Gasteiger partial charge in [-0.3, -0.25) is 9.79 Å². The molecule has 0 fully saturated rings. The van der Waals surface area contributed by atoms with Crippen LogP contribution in [0.1, 0.15) is 84.2 Å². The van der Waals surface area contributed by atoms with Crippen LogP contribution in [0.2, 0.25) is 16.6 Å². The summed E-state index contributed by atoms with van der Waals surface area (Å²) in [6, 6.07) is 10.5. The second kappa shape index (κ2) is 10.4. The smallest absolute Gasteiger partial charge is 0.292 e. The van der Waals surface area contributed by atoms with Crippen LogP contribution in [0.5, 0.6) is 0 Å². The average molecular weight is 537 g/mol. The minimum absolute atomic E-state index is 0.179. The largest absolute Gasteiger partial charge is 0.518 e. The van der Waals surface area contributed by atoms with E-state index in [0.717, 1.165) is 33.3 Å². The van der Waals surface area contributed by atoms with Crippen LogP contribution in [0, 0.1) is 5.82 Å². The van der Waals surface area contributed by atoms with Gasteiger partial charge < -0.3 is 14.1 Å². The summed E-state index contributed by atoms with van der Waals surface area (Å²) in [4.78, 5) is 17.9. The minimum Gasteiger partial charge on any atom is -0.518 e. The fourth-order valence-corrected chi connectivity index (χ4v) is 11.7. The monoisotopic (exact) mass is 536 g/mol. The van der Waals surface area contributed by atoms with Gasteiger partial charge in [-0.25, -0.2) is 4.39 Å². The number of hydrogen-bond acceptors (Lipinski definition) is 4. The van der Waals surface area contributed by atoms with Crippen LogP contribution < -0.4 is 0 Å². The molecule has 1 aliphatic rings. The first-order valence-corrected chi connectivity index (χ1v) is 15.8. The molecular weight excluding hydrogens is 495 g/mol. The molecule has 1 aromatic heterocycles. The summed E-state index contributed by atoms with van der Waals surface area (Å²) in [6.45, 7) is 17.2. The van der Waals surface area contributed by atoms with Crippen LogP contribution in [-0.2, 0) is 27.8 Å². The molecule has 1 N–H and O–H groups in total. The number of carbonyl (C=O) groups excluding carboxylic acids is 1. The molecule has 2 heterocycles. The minimum atomic E-state index is -2.36. The third-order valence-corrected chi connectivity index (χ3v) is 14.1. The van der Waals surface area contributed by atoms with Crippen molar-refractivity contribution < 1.29 is 18.7 Å². The van der Waals surface area contributed by atoms with Gasteiger partial charge in [0, 0.05) is 23.7 Å². The van der Waals surface area contributed by atoms with Crippen molar-refractivity contribution in [2.24, 2.45) is 4.99 Å². The van der Waals surface area contributed by atoms with Crippen LogP contribution in [-0.4, -0.2) is 30.2 Å². The van der Waals surface area contributed by atoms with Crippen molar-refractivity contribution in [3.05, 3.63) is 64.6 Å². The number of aryl methyl sites for hydroxylation is 1. The molecule has 0 bridgehead atoms. The van der Waals surface area contributed by atoms with Crippen LogP contribution in [0.4, 0.5) is 4.39 Å². The Labute approximate surface area is 226 Å². The van der Waals surface area contributed by atoms with E-state index in [-0.39, 0.29) is 18.2 Å².